The second-order valence-corrected chi connectivity index (χ2v) is 6.24. The van der Waals surface area contributed by atoms with Crippen molar-refractivity contribution in [2.45, 2.75) is 17.9 Å². The molecule has 2 rings (SSSR count). The van der Waals surface area contributed by atoms with Crippen molar-refractivity contribution in [3.8, 4) is 12.3 Å². The zero-order valence-electron chi connectivity index (χ0n) is 10.0. The number of terminal acetylenes is 1. The molecule has 19 heavy (non-hydrogen) atoms. The van der Waals surface area contributed by atoms with Gasteiger partial charge < -0.3 is 5.11 Å². The maximum Gasteiger partial charge on any atom is 0.340 e. The van der Waals surface area contributed by atoms with Crippen LogP contribution in [0.5, 0.6) is 0 Å². The number of sulfonamides is 1. The number of aromatic nitrogens is 2. The molecule has 0 saturated heterocycles. The third kappa shape index (κ3) is 2.77. The molecule has 2 N–H and O–H groups in total. The molecule has 102 valence electrons. The first kappa shape index (κ1) is 13.6. The summed E-state index contributed by atoms with van der Waals surface area (Å²) in [6.45, 7) is 0.224. The van der Waals surface area contributed by atoms with Crippen molar-refractivity contribution in [2.24, 2.45) is 5.92 Å². The van der Waals surface area contributed by atoms with Gasteiger partial charge in [-0.2, -0.15) is 9.40 Å². The maximum absolute atomic E-state index is 12.4. The number of rotatable bonds is 6. The summed E-state index contributed by atoms with van der Waals surface area (Å²) in [4.78, 5) is 11.0. The Hall–Kier alpha value is -1.85. The summed E-state index contributed by atoms with van der Waals surface area (Å²) >= 11 is 0. The molecule has 0 bridgehead atoms. The van der Waals surface area contributed by atoms with Crippen molar-refractivity contribution in [3.05, 3.63) is 11.8 Å². The van der Waals surface area contributed by atoms with E-state index in [4.69, 9.17) is 11.5 Å². The van der Waals surface area contributed by atoms with Crippen LogP contribution in [0.4, 0.5) is 0 Å². The predicted molar refractivity (Wildman–Crippen MR) is 65.9 cm³/mol. The van der Waals surface area contributed by atoms with Crippen molar-refractivity contribution in [1.29, 1.82) is 0 Å². The van der Waals surface area contributed by atoms with Gasteiger partial charge in [0.2, 0.25) is 0 Å². The van der Waals surface area contributed by atoms with Gasteiger partial charge in [0.1, 0.15) is 5.56 Å². The molecule has 1 heterocycles. The van der Waals surface area contributed by atoms with E-state index in [1.54, 1.807) is 0 Å². The predicted octanol–water partition coefficient (Wildman–Crippen LogP) is 0.142. The number of carbonyl (C=O) groups is 1. The van der Waals surface area contributed by atoms with Crippen LogP contribution in [0.1, 0.15) is 23.2 Å². The minimum absolute atomic E-state index is 0.0864. The fourth-order valence-corrected chi connectivity index (χ4v) is 3.19. The van der Waals surface area contributed by atoms with Gasteiger partial charge in [0.15, 0.2) is 5.03 Å². The highest BCUT2D eigenvalue weighted by Gasteiger charge is 2.34. The number of hydrogen-bond acceptors (Lipinski definition) is 4. The highest BCUT2D eigenvalue weighted by atomic mass is 32.2. The maximum atomic E-state index is 12.4. The fourth-order valence-electron chi connectivity index (χ4n) is 1.69. The third-order valence-electron chi connectivity index (χ3n) is 2.86. The van der Waals surface area contributed by atoms with Crippen molar-refractivity contribution >= 4 is 16.0 Å². The number of carboxylic acid groups (broad SMARTS) is 1. The molecule has 7 nitrogen and oxygen atoms in total. The van der Waals surface area contributed by atoms with E-state index >= 15 is 0 Å². The second-order valence-electron chi connectivity index (χ2n) is 4.36. The second kappa shape index (κ2) is 5.03. The Bertz CT molecular complexity index is 625. The Labute approximate surface area is 110 Å². The van der Waals surface area contributed by atoms with Gasteiger partial charge in [0.05, 0.1) is 12.7 Å². The monoisotopic (exact) mass is 283 g/mol. The van der Waals surface area contributed by atoms with E-state index in [0.717, 1.165) is 23.3 Å². The number of aromatic carboxylic acids is 1. The average molecular weight is 283 g/mol. The molecule has 0 aliphatic heterocycles. The van der Waals surface area contributed by atoms with Gasteiger partial charge in [-0.3, -0.25) is 5.10 Å². The number of H-pyrrole nitrogens is 1. The van der Waals surface area contributed by atoms with E-state index in [1.165, 1.54) is 0 Å². The van der Waals surface area contributed by atoms with Crippen molar-refractivity contribution in [1.82, 2.24) is 14.5 Å². The Morgan fingerprint density at radius 3 is 2.84 bits per heavy atom. The van der Waals surface area contributed by atoms with E-state index in [9.17, 15) is 13.2 Å². The lowest BCUT2D eigenvalue weighted by molar-refractivity contribution is 0.0692. The van der Waals surface area contributed by atoms with Crippen LogP contribution in [0, 0.1) is 18.3 Å². The molecule has 0 atom stereocenters. The molecule has 0 spiro atoms. The van der Waals surface area contributed by atoms with Crippen molar-refractivity contribution in [2.75, 3.05) is 13.1 Å². The molecule has 1 fully saturated rings. The fraction of sp³-hybridized carbons (Fsp3) is 0.455. The first-order chi connectivity index (χ1) is 8.96. The standard InChI is InChI=1S/C11H13N3O4S/c1-2-5-14(7-8-3-4-8)19(17,18)10-9(11(15)16)6-12-13-10/h1,6,8H,3-5,7H2,(H,12,13)(H,15,16). The number of aromatic amines is 1. The van der Waals surface area contributed by atoms with Crippen LogP contribution >= 0.6 is 0 Å². The van der Waals surface area contributed by atoms with Crippen LogP contribution in [0.2, 0.25) is 0 Å². The summed E-state index contributed by atoms with van der Waals surface area (Å²) < 4.78 is 25.9. The molecule has 1 aliphatic rings. The van der Waals surface area contributed by atoms with Gasteiger partial charge in [-0.25, -0.2) is 13.2 Å². The third-order valence-corrected chi connectivity index (χ3v) is 4.64. The van der Waals surface area contributed by atoms with Crippen LogP contribution in [0.15, 0.2) is 11.2 Å². The quantitative estimate of drug-likeness (QED) is 0.723. The van der Waals surface area contributed by atoms with Gasteiger partial charge in [0, 0.05) is 6.54 Å². The lowest BCUT2D eigenvalue weighted by Gasteiger charge is -2.18. The zero-order chi connectivity index (χ0) is 14.0. The highest BCUT2D eigenvalue weighted by Crippen LogP contribution is 2.31. The summed E-state index contributed by atoms with van der Waals surface area (Å²) in [6.07, 6.45) is 8.08. The van der Waals surface area contributed by atoms with E-state index < -0.39 is 21.0 Å². The van der Waals surface area contributed by atoms with Gasteiger partial charge in [-0.05, 0) is 18.8 Å². The van der Waals surface area contributed by atoms with E-state index in [-0.39, 0.29) is 12.1 Å². The molecule has 0 aromatic carbocycles. The lowest BCUT2D eigenvalue weighted by atomic mass is 10.4. The molecule has 0 amide bonds. The smallest absolute Gasteiger partial charge is 0.340 e. The largest absolute Gasteiger partial charge is 0.478 e. The number of nitrogens with one attached hydrogen (secondary N) is 1. The molecular weight excluding hydrogens is 270 g/mol. The Balaban J connectivity index is 2.35. The van der Waals surface area contributed by atoms with Crippen LogP contribution in [-0.2, 0) is 10.0 Å². The summed E-state index contributed by atoms with van der Waals surface area (Å²) in [7, 11) is -3.96. The van der Waals surface area contributed by atoms with Crippen LogP contribution < -0.4 is 0 Å². The van der Waals surface area contributed by atoms with Crippen LogP contribution in [-0.4, -0.2) is 47.1 Å². The summed E-state index contributed by atoms with van der Waals surface area (Å²) in [6, 6.07) is 0. The average Bonchev–Trinajstić information content (AvgIpc) is 3.01. The SMILES string of the molecule is C#CCN(CC1CC1)S(=O)(=O)c1[nH]ncc1C(=O)O. The topological polar surface area (TPSA) is 103 Å². The number of carboxylic acids is 1. The van der Waals surface area contributed by atoms with Gasteiger partial charge in [-0.15, -0.1) is 6.42 Å². The molecule has 1 saturated carbocycles. The summed E-state index contributed by atoms with van der Waals surface area (Å²) in [5, 5.41) is 14.2. The number of nitrogens with zero attached hydrogens (tertiary/aromatic N) is 2. The first-order valence-electron chi connectivity index (χ1n) is 5.67. The van der Waals surface area contributed by atoms with Crippen LogP contribution in [0.3, 0.4) is 0 Å². The minimum Gasteiger partial charge on any atom is -0.478 e. The first-order valence-corrected chi connectivity index (χ1v) is 7.11. The molecule has 1 aliphatic carbocycles. The molecule has 0 unspecified atom stereocenters. The molecular formula is C11H13N3O4S. The summed E-state index contributed by atoms with van der Waals surface area (Å²) in [5.41, 5.74) is -0.377. The molecule has 1 aromatic rings. The Morgan fingerprint density at radius 1 is 1.63 bits per heavy atom. The Kier molecular flexibility index (Phi) is 3.59. The lowest BCUT2D eigenvalue weighted by Crippen LogP contribution is -2.34. The van der Waals surface area contributed by atoms with E-state index in [1.807, 2.05) is 0 Å². The van der Waals surface area contributed by atoms with Crippen molar-refractivity contribution in [3.63, 3.8) is 0 Å². The van der Waals surface area contributed by atoms with Gasteiger partial charge >= 0.3 is 5.97 Å². The molecule has 0 radical (unpaired) electrons. The zero-order valence-corrected chi connectivity index (χ0v) is 10.9. The minimum atomic E-state index is -3.96. The number of hydrogen-bond donors (Lipinski definition) is 2. The van der Waals surface area contributed by atoms with Gasteiger partial charge in [-0.1, -0.05) is 5.92 Å². The summed E-state index contributed by atoms with van der Waals surface area (Å²) in [5.74, 6) is 1.24. The highest BCUT2D eigenvalue weighted by molar-refractivity contribution is 7.89. The van der Waals surface area contributed by atoms with Crippen molar-refractivity contribution < 1.29 is 18.3 Å². The van der Waals surface area contributed by atoms with E-state index in [2.05, 4.69) is 16.1 Å². The molecule has 8 heteroatoms. The normalized spacial score (nSPS) is 15.4. The van der Waals surface area contributed by atoms with Crippen LogP contribution in [0.25, 0.3) is 0 Å². The Morgan fingerprint density at radius 2 is 2.32 bits per heavy atom. The van der Waals surface area contributed by atoms with E-state index in [0.29, 0.717) is 12.5 Å². The van der Waals surface area contributed by atoms with Gasteiger partial charge in [0.25, 0.3) is 10.0 Å². The molecule has 1 aromatic heterocycles.